The summed E-state index contributed by atoms with van der Waals surface area (Å²) in [4.78, 5) is 16.2. The highest BCUT2D eigenvalue weighted by Gasteiger charge is 2.33. The van der Waals surface area contributed by atoms with Crippen molar-refractivity contribution < 1.29 is 4.79 Å². The molecule has 1 N–H and O–H groups in total. The third-order valence-corrected chi connectivity index (χ3v) is 3.10. The number of rotatable bonds is 4. The Morgan fingerprint density at radius 1 is 1.28 bits per heavy atom. The summed E-state index contributed by atoms with van der Waals surface area (Å²) >= 11 is 0. The summed E-state index contributed by atoms with van der Waals surface area (Å²) in [7, 11) is 0. The second kappa shape index (κ2) is 5.98. The summed E-state index contributed by atoms with van der Waals surface area (Å²) in [5.41, 5.74) is 1.06. The molecule has 0 saturated heterocycles. The van der Waals surface area contributed by atoms with E-state index >= 15 is 0 Å². The first-order chi connectivity index (χ1) is 8.32. The molecule has 1 amide bonds. The molecule has 0 aliphatic rings. The van der Waals surface area contributed by atoms with Gasteiger partial charge in [0.2, 0.25) is 5.91 Å². The Morgan fingerprint density at radius 2 is 1.83 bits per heavy atom. The Hall–Kier alpha value is -1.38. The van der Waals surface area contributed by atoms with Crippen molar-refractivity contribution >= 4 is 5.91 Å². The van der Waals surface area contributed by atoms with E-state index in [4.69, 9.17) is 0 Å². The molecule has 0 aromatic carbocycles. The molecule has 18 heavy (non-hydrogen) atoms. The number of aromatic nitrogens is 1. The average molecular weight is 248 g/mol. The van der Waals surface area contributed by atoms with Crippen LogP contribution < -0.4 is 5.32 Å². The standard InChI is InChI=1S/C15H24N2O/c1-11(2)13(15(3,4)5)14(18)17-10-12-6-8-16-9-7-12/h6-9,11,13H,10H2,1-5H3,(H,17,18). The van der Waals surface area contributed by atoms with Crippen LogP contribution in [0.15, 0.2) is 24.5 Å². The van der Waals surface area contributed by atoms with Crippen LogP contribution in [-0.2, 0) is 11.3 Å². The Morgan fingerprint density at radius 3 is 2.28 bits per heavy atom. The number of hydrogen-bond acceptors (Lipinski definition) is 2. The molecule has 0 radical (unpaired) electrons. The second-order valence-electron chi connectivity index (χ2n) is 6.16. The highest BCUT2D eigenvalue weighted by atomic mass is 16.1. The third-order valence-electron chi connectivity index (χ3n) is 3.10. The molecule has 0 saturated carbocycles. The maximum atomic E-state index is 12.3. The van der Waals surface area contributed by atoms with Gasteiger partial charge in [0.25, 0.3) is 0 Å². The van der Waals surface area contributed by atoms with Gasteiger partial charge >= 0.3 is 0 Å². The van der Waals surface area contributed by atoms with E-state index in [-0.39, 0.29) is 17.2 Å². The van der Waals surface area contributed by atoms with Gasteiger partial charge in [-0.25, -0.2) is 0 Å². The summed E-state index contributed by atoms with van der Waals surface area (Å²) in [5, 5.41) is 3.02. The zero-order chi connectivity index (χ0) is 13.8. The first kappa shape index (κ1) is 14.7. The zero-order valence-electron chi connectivity index (χ0n) is 12.0. The fourth-order valence-corrected chi connectivity index (χ4v) is 2.50. The Labute approximate surface area is 110 Å². The maximum absolute atomic E-state index is 12.3. The lowest BCUT2D eigenvalue weighted by Gasteiger charge is -2.32. The van der Waals surface area contributed by atoms with E-state index in [0.29, 0.717) is 12.5 Å². The monoisotopic (exact) mass is 248 g/mol. The number of carbonyl (C=O) groups excluding carboxylic acids is 1. The molecule has 0 bridgehead atoms. The molecule has 0 aliphatic heterocycles. The van der Waals surface area contributed by atoms with Crippen molar-refractivity contribution in [3.05, 3.63) is 30.1 Å². The molecule has 0 aliphatic carbocycles. The highest BCUT2D eigenvalue weighted by Crippen LogP contribution is 2.32. The smallest absolute Gasteiger partial charge is 0.224 e. The van der Waals surface area contributed by atoms with Crippen LogP contribution >= 0.6 is 0 Å². The van der Waals surface area contributed by atoms with E-state index in [1.807, 2.05) is 12.1 Å². The first-order valence-corrected chi connectivity index (χ1v) is 6.49. The van der Waals surface area contributed by atoms with Crippen LogP contribution in [0.1, 0.15) is 40.2 Å². The number of nitrogens with zero attached hydrogens (tertiary/aromatic N) is 1. The van der Waals surface area contributed by atoms with Gasteiger partial charge in [0, 0.05) is 24.9 Å². The Balaban J connectivity index is 2.64. The quantitative estimate of drug-likeness (QED) is 0.890. The molecule has 3 heteroatoms. The van der Waals surface area contributed by atoms with Gasteiger partial charge in [-0.1, -0.05) is 34.6 Å². The normalized spacial score (nSPS) is 13.4. The maximum Gasteiger partial charge on any atom is 0.224 e. The van der Waals surface area contributed by atoms with E-state index in [9.17, 15) is 4.79 Å². The van der Waals surface area contributed by atoms with Gasteiger partial charge in [0.1, 0.15) is 0 Å². The van der Waals surface area contributed by atoms with Crippen molar-refractivity contribution in [2.75, 3.05) is 0 Å². The molecule has 1 heterocycles. The molecule has 1 rings (SSSR count). The number of nitrogens with one attached hydrogen (secondary N) is 1. The van der Waals surface area contributed by atoms with Crippen LogP contribution in [0.3, 0.4) is 0 Å². The van der Waals surface area contributed by atoms with E-state index in [2.05, 4.69) is 44.9 Å². The van der Waals surface area contributed by atoms with E-state index in [1.165, 1.54) is 0 Å². The minimum Gasteiger partial charge on any atom is -0.352 e. The Bertz CT molecular complexity index is 379. The van der Waals surface area contributed by atoms with Crippen molar-refractivity contribution in [2.45, 2.75) is 41.2 Å². The molecule has 1 atom stereocenters. The van der Waals surface area contributed by atoms with Gasteiger partial charge in [0.05, 0.1) is 0 Å². The molecule has 1 unspecified atom stereocenters. The SMILES string of the molecule is CC(C)C(C(=O)NCc1ccncc1)C(C)(C)C. The van der Waals surface area contributed by atoms with Crippen molar-refractivity contribution in [1.29, 1.82) is 0 Å². The second-order valence-corrected chi connectivity index (χ2v) is 6.16. The average Bonchev–Trinajstić information content (AvgIpc) is 2.25. The molecule has 3 nitrogen and oxygen atoms in total. The zero-order valence-corrected chi connectivity index (χ0v) is 12.0. The van der Waals surface area contributed by atoms with Crippen LogP contribution in [0.2, 0.25) is 0 Å². The van der Waals surface area contributed by atoms with Gasteiger partial charge in [-0.15, -0.1) is 0 Å². The van der Waals surface area contributed by atoms with Crippen LogP contribution in [0.5, 0.6) is 0 Å². The van der Waals surface area contributed by atoms with Crippen LogP contribution in [0, 0.1) is 17.3 Å². The molecule has 0 fully saturated rings. The fourth-order valence-electron chi connectivity index (χ4n) is 2.50. The lowest BCUT2D eigenvalue weighted by Crippen LogP contribution is -2.40. The minimum absolute atomic E-state index is 0.0174. The summed E-state index contributed by atoms with van der Waals surface area (Å²) in [6.07, 6.45) is 3.48. The number of hydrogen-bond donors (Lipinski definition) is 1. The highest BCUT2D eigenvalue weighted by molar-refractivity contribution is 5.79. The predicted molar refractivity (Wildman–Crippen MR) is 73.9 cm³/mol. The first-order valence-electron chi connectivity index (χ1n) is 6.49. The lowest BCUT2D eigenvalue weighted by molar-refractivity contribution is -0.130. The molecule has 1 aromatic rings. The van der Waals surface area contributed by atoms with E-state index in [1.54, 1.807) is 12.4 Å². The van der Waals surface area contributed by atoms with Crippen LogP contribution in [0.25, 0.3) is 0 Å². The summed E-state index contributed by atoms with van der Waals surface area (Å²) < 4.78 is 0. The summed E-state index contributed by atoms with van der Waals surface area (Å²) in [6.45, 7) is 11.1. The van der Waals surface area contributed by atoms with Gasteiger partial charge in [-0.2, -0.15) is 0 Å². The molecular formula is C15H24N2O. The largest absolute Gasteiger partial charge is 0.352 e. The van der Waals surface area contributed by atoms with Gasteiger partial charge in [0.15, 0.2) is 0 Å². The van der Waals surface area contributed by atoms with Crippen molar-refractivity contribution in [3.63, 3.8) is 0 Å². The Kier molecular flexibility index (Phi) is 4.88. The van der Waals surface area contributed by atoms with Crippen molar-refractivity contribution in [2.24, 2.45) is 17.3 Å². The van der Waals surface area contributed by atoms with Crippen molar-refractivity contribution in [3.8, 4) is 0 Å². The van der Waals surface area contributed by atoms with Crippen molar-refractivity contribution in [1.82, 2.24) is 10.3 Å². The fraction of sp³-hybridized carbons (Fsp3) is 0.600. The number of carbonyl (C=O) groups is 1. The molecule has 100 valence electrons. The van der Waals surface area contributed by atoms with Gasteiger partial charge < -0.3 is 5.32 Å². The minimum atomic E-state index is -0.0174. The molecule has 1 aromatic heterocycles. The van der Waals surface area contributed by atoms with Crippen LogP contribution in [0.4, 0.5) is 0 Å². The van der Waals surface area contributed by atoms with Crippen LogP contribution in [-0.4, -0.2) is 10.9 Å². The molecule has 0 spiro atoms. The third kappa shape index (κ3) is 4.13. The van der Waals surface area contributed by atoms with E-state index < -0.39 is 0 Å². The predicted octanol–water partition coefficient (Wildman–Crippen LogP) is 3.02. The molecular weight excluding hydrogens is 224 g/mol. The number of amides is 1. The topological polar surface area (TPSA) is 42.0 Å². The summed E-state index contributed by atoms with van der Waals surface area (Å²) in [6, 6.07) is 3.84. The van der Waals surface area contributed by atoms with E-state index in [0.717, 1.165) is 5.56 Å². The summed E-state index contributed by atoms with van der Waals surface area (Å²) in [5.74, 6) is 0.496. The number of pyridine rings is 1. The van der Waals surface area contributed by atoms with Gasteiger partial charge in [-0.3, -0.25) is 9.78 Å². The lowest BCUT2D eigenvalue weighted by atomic mass is 9.74. The van der Waals surface area contributed by atoms with Gasteiger partial charge in [-0.05, 0) is 29.0 Å².